The minimum absolute atomic E-state index is 0.0101. The Balaban J connectivity index is 2.69. The van der Waals surface area contributed by atoms with Crippen LogP contribution in [0.5, 0.6) is 0 Å². The minimum atomic E-state index is -0.138. The lowest BCUT2D eigenvalue weighted by Gasteiger charge is -2.13. The molecule has 1 rings (SSSR count). The summed E-state index contributed by atoms with van der Waals surface area (Å²) in [5, 5.41) is 2.80. The van der Waals surface area contributed by atoms with E-state index in [0.717, 1.165) is 5.56 Å². The number of carbonyl (C=O) groups is 1. The Morgan fingerprint density at radius 3 is 2.86 bits per heavy atom. The predicted molar refractivity (Wildman–Crippen MR) is 58.5 cm³/mol. The van der Waals surface area contributed by atoms with Crippen LogP contribution < -0.4 is 5.32 Å². The summed E-state index contributed by atoms with van der Waals surface area (Å²) < 4.78 is 0. The molecule has 0 bridgehead atoms. The van der Waals surface area contributed by atoms with Gasteiger partial charge >= 0.3 is 0 Å². The molecule has 0 radical (unpaired) electrons. The fourth-order valence-corrected chi connectivity index (χ4v) is 1.38. The van der Waals surface area contributed by atoms with Gasteiger partial charge in [-0.2, -0.15) is 0 Å². The van der Waals surface area contributed by atoms with Gasteiger partial charge in [0.25, 0.3) is 0 Å². The van der Waals surface area contributed by atoms with Crippen LogP contribution in [-0.2, 0) is 4.79 Å². The van der Waals surface area contributed by atoms with Gasteiger partial charge in [-0.3, -0.25) is 4.79 Å². The molecule has 1 N–H and O–H groups in total. The molecule has 0 saturated carbocycles. The van der Waals surface area contributed by atoms with E-state index in [4.69, 9.17) is 11.6 Å². The van der Waals surface area contributed by atoms with Crippen LogP contribution in [-0.4, -0.2) is 11.8 Å². The second kappa shape index (κ2) is 5.01. The van der Waals surface area contributed by atoms with E-state index in [1.807, 2.05) is 32.0 Å². The minimum Gasteiger partial charge on any atom is -0.349 e. The normalized spacial score (nSPS) is 12.2. The molecule has 0 aliphatic heterocycles. The molecule has 1 atom stereocenters. The average Bonchev–Trinajstić information content (AvgIpc) is 2.17. The van der Waals surface area contributed by atoms with Gasteiger partial charge in [0.15, 0.2) is 0 Å². The number of carbonyl (C=O) groups excluding carboxylic acids is 1. The largest absolute Gasteiger partial charge is 0.349 e. The van der Waals surface area contributed by atoms with E-state index in [1.165, 1.54) is 5.56 Å². The quantitative estimate of drug-likeness (QED) is 0.765. The van der Waals surface area contributed by atoms with Gasteiger partial charge in [0.2, 0.25) is 5.91 Å². The van der Waals surface area contributed by atoms with Gasteiger partial charge in [-0.25, -0.2) is 0 Å². The molecule has 1 aromatic carbocycles. The molecular formula is C11H14ClNO. The molecule has 0 heterocycles. The second-order valence-electron chi connectivity index (χ2n) is 3.34. The zero-order valence-electron chi connectivity index (χ0n) is 8.38. The summed E-state index contributed by atoms with van der Waals surface area (Å²) in [6.45, 7) is 3.97. The number of benzene rings is 1. The highest BCUT2D eigenvalue weighted by molar-refractivity contribution is 6.27. The predicted octanol–water partition coefficient (Wildman–Crippen LogP) is 2.41. The van der Waals surface area contributed by atoms with E-state index in [1.54, 1.807) is 0 Å². The topological polar surface area (TPSA) is 29.1 Å². The second-order valence-corrected chi connectivity index (χ2v) is 3.60. The van der Waals surface area contributed by atoms with Crippen LogP contribution in [0.2, 0.25) is 0 Å². The van der Waals surface area contributed by atoms with E-state index in [9.17, 15) is 4.79 Å². The van der Waals surface area contributed by atoms with Gasteiger partial charge in [-0.15, -0.1) is 11.6 Å². The van der Waals surface area contributed by atoms with Gasteiger partial charge in [0, 0.05) is 0 Å². The number of rotatable bonds is 3. The van der Waals surface area contributed by atoms with Gasteiger partial charge in [0.05, 0.1) is 6.04 Å². The van der Waals surface area contributed by atoms with Crippen LogP contribution in [0, 0.1) is 6.92 Å². The lowest BCUT2D eigenvalue weighted by Crippen LogP contribution is -2.27. The van der Waals surface area contributed by atoms with Crippen molar-refractivity contribution in [2.75, 3.05) is 5.88 Å². The third kappa shape index (κ3) is 3.04. The zero-order valence-corrected chi connectivity index (χ0v) is 9.14. The molecule has 14 heavy (non-hydrogen) atoms. The van der Waals surface area contributed by atoms with E-state index < -0.39 is 0 Å². The highest BCUT2D eigenvalue weighted by atomic mass is 35.5. The maximum absolute atomic E-state index is 11.0. The Kier molecular flexibility index (Phi) is 3.96. The van der Waals surface area contributed by atoms with Crippen LogP contribution in [0.1, 0.15) is 24.1 Å². The summed E-state index contributed by atoms with van der Waals surface area (Å²) in [7, 11) is 0. The lowest BCUT2D eigenvalue weighted by atomic mass is 10.1. The van der Waals surface area contributed by atoms with Crippen LogP contribution in [0.4, 0.5) is 0 Å². The first-order chi connectivity index (χ1) is 6.63. The van der Waals surface area contributed by atoms with Crippen LogP contribution in [0.15, 0.2) is 24.3 Å². The van der Waals surface area contributed by atoms with Crippen molar-refractivity contribution in [2.45, 2.75) is 19.9 Å². The maximum Gasteiger partial charge on any atom is 0.235 e. The van der Waals surface area contributed by atoms with Crippen molar-refractivity contribution in [2.24, 2.45) is 0 Å². The SMILES string of the molecule is Cc1cccc([C@H](C)NC(=O)CCl)c1. The smallest absolute Gasteiger partial charge is 0.235 e. The Morgan fingerprint density at radius 2 is 2.29 bits per heavy atom. The monoisotopic (exact) mass is 211 g/mol. The summed E-state index contributed by atoms with van der Waals surface area (Å²) in [5.41, 5.74) is 2.29. The molecule has 2 nitrogen and oxygen atoms in total. The highest BCUT2D eigenvalue weighted by Gasteiger charge is 2.07. The number of nitrogens with one attached hydrogen (secondary N) is 1. The number of amides is 1. The molecule has 76 valence electrons. The molecule has 0 aromatic heterocycles. The van der Waals surface area contributed by atoms with Gasteiger partial charge in [-0.05, 0) is 19.4 Å². The van der Waals surface area contributed by atoms with Crippen molar-refractivity contribution in [3.8, 4) is 0 Å². The summed E-state index contributed by atoms with van der Waals surface area (Å²) >= 11 is 5.40. The van der Waals surface area contributed by atoms with E-state index in [0.29, 0.717) is 0 Å². The Hall–Kier alpha value is -1.02. The first-order valence-corrected chi connectivity index (χ1v) is 5.09. The molecule has 3 heteroatoms. The van der Waals surface area contributed by atoms with Crippen LogP contribution >= 0.6 is 11.6 Å². The first-order valence-electron chi connectivity index (χ1n) is 4.55. The van der Waals surface area contributed by atoms with Gasteiger partial charge in [0.1, 0.15) is 5.88 Å². The van der Waals surface area contributed by atoms with E-state index in [-0.39, 0.29) is 17.8 Å². The van der Waals surface area contributed by atoms with Crippen molar-refractivity contribution >= 4 is 17.5 Å². The van der Waals surface area contributed by atoms with Crippen molar-refractivity contribution in [3.63, 3.8) is 0 Å². The molecule has 0 saturated heterocycles. The number of hydrogen-bond donors (Lipinski definition) is 1. The highest BCUT2D eigenvalue weighted by Crippen LogP contribution is 2.13. The summed E-state index contributed by atoms with van der Waals surface area (Å²) in [5.74, 6) is -0.128. The number of halogens is 1. The van der Waals surface area contributed by atoms with Crippen molar-refractivity contribution in [1.82, 2.24) is 5.32 Å². The first kappa shape index (κ1) is 11.1. The zero-order chi connectivity index (χ0) is 10.6. The molecular weight excluding hydrogens is 198 g/mol. The maximum atomic E-state index is 11.0. The number of aryl methyl sites for hydroxylation is 1. The van der Waals surface area contributed by atoms with Gasteiger partial charge < -0.3 is 5.32 Å². The Bertz CT molecular complexity index is 325. The Morgan fingerprint density at radius 1 is 1.57 bits per heavy atom. The average molecular weight is 212 g/mol. The van der Waals surface area contributed by atoms with Crippen molar-refractivity contribution in [1.29, 1.82) is 0 Å². The fraction of sp³-hybridized carbons (Fsp3) is 0.364. The van der Waals surface area contributed by atoms with Crippen LogP contribution in [0.3, 0.4) is 0 Å². The number of alkyl halides is 1. The summed E-state index contributed by atoms with van der Waals surface area (Å²) in [4.78, 5) is 11.0. The fourth-order valence-electron chi connectivity index (χ4n) is 1.30. The summed E-state index contributed by atoms with van der Waals surface area (Å²) in [6, 6.07) is 8.07. The third-order valence-corrected chi connectivity index (χ3v) is 2.28. The lowest BCUT2D eigenvalue weighted by molar-refractivity contribution is -0.119. The molecule has 0 fully saturated rings. The van der Waals surface area contributed by atoms with Crippen molar-refractivity contribution in [3.05, 3.63) is 35.4 Å². The van der Waals surface area contributed by atoms with Gasteiger partial charge in [-0.1, -0.05) is 29.8 Å². The standard InChI is InChI=1S/C11H14ClNO/c1-8-4-3-5-10(6-8)9(2)13-11(14)7-12/h3-6,9H,7H2,1-2H3,(H,13,14)/t9-/m0/s1. The molecule has 1 amide bonds. The summed E-state index contributed by atoms with van der Waals surface area (Å²) in [6.07, 6.45) is 0. The molecule has 0 unspecified atom stereocenters. The Labute approximate surface area is 89.3 Å². The van der Waals surface area contributed by atoms with E-state index >= 15 is 0 Å². The van der Waals surface area contributed by atoms with Crippen molar-refractivity contribution < 1.29 is 4.79 Å². The third-order valence-electron chi connectivity index (χ3n) is 2.04. The number of hydrogen-bond acceptors (Lipinski definition) is 1. The molecule has 0 aliphatic rings. The molecule has 0 aliphatic carbocycles. The van der Waals surface area contributed by atoms with Crippen LogP contribution in [0.25, 0.3) is 0 Å². The molecule has 1 aromatic rings. The van der Waals surface area contributed by atoms with E-state index in [2.05, 4.69) is 11.4 Å². The molecule has 0 spiro atoms.